The number of rotatable bonds is 7. The van der Waals surface area contributed by atoms with Crippen molar-refractivity contribution in [2.45, 2.75) is 39.3 Å². The largest absolute Gasteiger partial charge is 0.507 e. The van der Waals surface area contributed by atoms with Gasteiger partial charge in [0.15, 0.2) is 0 Å². The molecule has 6 nitrogen and oxygen atoms in total. The van der Waals surface area contributed by atoms with Crippen LogP contribution < -0.4 is 4.74 Å². The molecule has 2 heterocycles. The molecule has 0 radical (unpaired) electrons. The maximum absolute atomic E-state index is 13.2. The SMILES string of the molecule is CCOc1cccc(/C(O)=C2/C(=O)C(=O)N(Cc3ccco3)C2c2ccc(C(C)C)cc2)c1. The number of ketones is 1. The summed E-state index contributed by atoms with van der Waals surface area (Å²) in [5.74, 6) is -0.154. The lowest BCUT2D eigenvalue weighted by molar-refractivity contribution is -0.140. The van der Waals surface area contributed by atoms with E-state index >= 15 is 0 Å². The van der Waals surface area contributed by atoms with Crippen LogP contribution in [-0.2, 0) is 16.1 Å². The van der Waals surface area contributed by atoms with Crippen LogP contribution in [0, 0.1) is 0 Å². The molecule has 3 aromatic rings. The fourth-order valence-corrected chi connectivity index (χ4v) is 4.08. The summed E-state index contributed by atoms with van der Waals surface area (Å²) in [4.78, 5) is 27.7. The zero-order valence-electron chi connectivity index (χ0n) is 18.9. The summed E-state index contributed by atoms with van der Waals surface area (Å²) in [7, 11) is 0. The number of furan rings is 1. The summed E-state index contributed by atoms with van der Waals surface area (Å²) >= 11 is 0. The van der Waals surface area contributed by atoms with E-state index in [0.717, 1.165) is 11.1 Å². The number of amides is 1. The van der Waals surface area contributed by atoms with E-state index < -0.39 is 17.7 Å². The highest BCUT2D eigenvalue weighted by Crippen LogP contribution is 2.41. The van der Waals surface area contributed by atoms with Gasteiger partial charge < -0.3 is 19.2 Å². The second-order valence-corrected chi connectivity index (χ2v) is 8.29. The Kier molecular flexibility index (Phi) is 6.36. The van der Waals surface area contributed by atoms with E-state index in [2.05, 4.69) is 13.8 Å². The molecule has 4 rings (SSSR count). The molecule has 170 valence electrons. The van der Waals surface area contributed by atoms with Crippen LogP contribution in [0.25, 0.3) is 5.76 Å². The number of nitrogens with zero attached hydrogens (tertiary/aromatic N) is 1. The molecule has 1 N–H and O–H groups in total. The van der Waals surface area contributed by atoms with Crippen LogP contribution in [0.1, 0.15) is 55.2 Å². The van der Waals surface area contributed by atoms with E-state index in [-0.39, 0.29) is 17.9 Å². The Labute approximate surface area is 193 Å². The molecule has 1 unspecified atom stereocenters. The molecule has 1 aliphatic heterocycles. The van der Waals surface area contributed by atoms with Crippen molar-refractivity contribution in [3.05, 3.63) is 95.0 Å². The van der Waals surface area contributed by atoms with Crippen LogP contribution in [0.15, 0.2) is 76.9 Å². The normalized spacial score (nSPS) is 17.7. The van der Waals surface area contributed by atoms with E-state index in [1.54, 1.807) is 36.4 Å². The highest BCUT2D eigenvalue weighted by molar-refractivity contribution is 6.46. The molecule has 1 atom stereocenters. The summed E-state index contributed by atoms with van der Waals surface area (Å²) < 4.78 is 11.0. The number of ether oxygens (including phenoxy) is 1. The van der Waals surface area contributed by atoms with Crippen molar-refractivity contribution in [2.24, 2.45) is 0 Å². The lowest BCUT2D eigenvalue weighted by atomic mass is 9.93. The number of carbonyl (C=O) groups excluding carboxylic acids is 2. The zero-order valence-corrected chi connectivity index (χ0v) is 18.9. The molecule has 0 saturated carbocycles. The molecule has 0 aliphatic carbocycles. The molecule has 1 aliphatic rings. The van der Waals surface area contributed by atoms with Gasteiger partial charge in [-0.05, 0) is 48.2 Å². The maximum atomic E-state index is 13.2. The summed E-state index contributed by atoms with van der Waals surface area (Å²) in [5.41, 5.74) is 2.36. The van der Waals surface area contributed by atoms with E-state index in [9.17, 15) is 14.7 Å². The number of likely N-dealkylation sites (tertiary alicyclic amines) is 1. The van der Waals surface area contributed by atoms with Crippen LogP contribution in [0.3, 0.4) is 0 Å². The number of carbonyl (C=O) groups is 2. The minimum absolute atomic E-state index is 0.0532. The van der Waals surface area contributed by atoms with Gasteiger partial charge in [0.1, 0.15) is 17.3 Å². The molecular weight excluding hydrogens is 418 g/mol. The van der Waals surface area contributed by atoms with E-state index in [1.165, 1.54) is 11.2 Å². The highest BCUT2D eigenvalue weighted by atomic mass is 16.5. The Bertz CT molecular complexity index is 1180. The van der Waals surface area contributed by atoms with E-state index in [4.69, 9.17) is 9.15 Å². The quantitative estimate of drug-likeness (QED) is 0.298. The third kappa shape index (κ3) is 4.42. The minimum Gasteiger partial charge on any atom is -0.507 e. The Morgan fingerprint density at radius 1 is 1.09 bits per heavy atom. The second kappa shape index (κ2) is 9.36. The van der Waals surface area contributed by atoms with Crippen LogP contribution in [0.5, 0.6) is 5.75 Å². The number of Topliss-reactive ketones (excluding diaryl/α,β-unsaturated/α-hetero) is 1. The molecule has 1 amide bonds. The Morgan fingerprint density at radius 3 is 2.48 bits per heavy atom. The van der Waals surface area contributed by atoms with Crippen molar-refractivity contribution in [3.8, 4) is 5.75 Å². The first-order valence-corrected chi connectivity index (χ1v) is 11.0. The van der Waals surface area contributed by atoms with Gasteiger partial charge in [-0.15, -0.1) is 0 Å². The minimum atomic E-state index is -0.743. The zero-order chi connectivity index (χ0) is 23.5. The summed E-state index contributed by atoms with van der Waals surface area (Å²) in [6.45, 7) is 6.66. The molecule has 6 heteroatoms. The van der Waals surface area contributed by atoms with Crippen LogP contribution >= 0.6 is 0 Å². The molecule has 1 fully saturated rings. The third-order valence-corrected chi connectivity index (χ3v) is 5.78. The van der Waals surface area contributed by atoms with Gasteiger partial charge in [-0.2, -0.15) is 0 Å². The fourth-order valence-electron chi connectivity index (χ4n) is 4.08. The van der Waals surface area contributed by atoms with Gasteiger partial charge in [0.05, 0.1) is 31.0 Å². The molecule has 33 heavy (non-hydrogen) atoms. The number of benzene rings is 2. The van der Waals surface area contributed by atoms with Gasteiger partial charge in [-0.3, -0.25) is 9.59 Å². The van der Waals surface area contributed by atoms with Crippen LogP contribution in [0.4, 0.5) is 0 Å². The first-order chi connectivity index (χ1) is 15.9. The standard InChI is InChI=1S/C27H27NO5/c1-4-32-21-8-5-7-20(15-21)25(29)23-24(19-12-10-18(11-13-19)17(2)3)28(27(31)26(23)30)16-22-9-6-14-33-22/h5-15,17,24,29H,4,16H2,1-3H3/b25-23-. The summed E-state index contributed by atoms with van der Waals surface area (Å²) in [5, 5.41) is 11.2. The van der Waals surface area contributed by atoms with Crippen molar-refractivity contribution < 1.29 is 23.8 Å². The number of hydrogen-bond donors (Lipinski definition) is 1. The Morgan fingerprint density at radius 2 is 1.85 bits per heavy atom. The average Bonchev–Trinajstić information content (AvgIpc) is 3.41. The van der Waals surface area contributed by atoms with Gasteiger partial charge in [-0.1, -0.05) is 50.2 Å². The summed E-state index contributed by atoms with van der Waals surface area (Å²) in [6, 6.07) is 17.4. The van der Waals surface area contributed by atoms with Crippen molar-refractivity contribution in [1.82, 2.24) is 4.90 Å². The molecule has 0 bridgehead atoms. The predicted octanol–water partition coefficient (Wildman–Crippen LogP) is 5.42. The summed E-state index contributed by atoms with van der Waals surface area (Å²) in [6.07, 6.45) is 1.53. The topological polar surface area (TPSA) is 80.0 Å². The van der Waals surface area contributed by atoms with E-state index in [1.807, 2.05) is 31.2 Å². The van der Waals surface area contributed by atoms with Gasteiger partial charge in [0.25, 0.3) is 11.7 Å². The van der Waals surface area contributed by atoms with Crippen molar-refractivity contribution in [1.29, 1.82) is 0 Å². The van der Waals surface area contributed by atoms with Gasteiger partial charge in [-0.25, -0.2) is 0 Å². The second-order valence-electron chi connectivity index (χ2n) is 8.29. The highest BCUT2D eigenvalue weighted by Gasteiger charge is 2.46. The smallest absolute Gasteiger partial charge is 0.296 e. The predicted molar refractivity (Wildman–Crippen MR) is 125 cm³/mol. The van der Waals surface area contributed by atoms with Gasteiger partial charge in [0.2, 0.25) is 0 Å². The van der Waals surface area contributed by atoms with Gasteiger partial charge in [0, 0.05) is 5.56 Å². The average molecular weight is 446 g/mol. The number of aliphatic hydroxyl groups is 1. The first-order valence-electron chi connectivity index (χ1n) is 11.0. The molecule has 1 aromatic heterocycles. The lowest BCUT2D eigenvalue weighted by Gasteiger charge is -2.25. The Balaban J connectivity index is 1.84. The van der Waals surface area contributed by atoms with Crippen LogP contribution in [0.2, 0.25) is 0 Å². The third-order valence-electron chi connectivity index (χ3n) is 5.78. The first kappa shape index (κ1) is 22.4. The number of hydrogen-bond acceptors (Lipinski definition) is 5. The molecule has 2 aromatic carbocycles. The van der Waals surface area contributed by atoms with Crippen molar-refractivity contribution in [3.63, 3.8) is 0 Å². The molecule has 1 saturated heterocycles. The van der Waals surface area contributed by atoms with Gasteiger partial charge >= 0.3 is 0 Å². The van der Waals surface area contributed by atoms with Crippen molar-refractivity contribution >= 4 is 17.4 Å². The lowest BCUT2D eigenvalue weighted by Crippen LogP contribution is -2.29. The monoisotopic (exact) mass is 445 g/mol. The number of aliphatic hydroxyl groups excluding tert-OH is 1. The fraction of sp³-hybridized carbons (Fsp3) is 0.259. The molecular formula is C27H27NO5. The van der Waals surface area contributed by atoms with E-state index in [0.29, 0.717) is 29.6 Å². The Hall–Kier alpha value is -3.80. The maximum Gasteiger partial charge on any atom is 0.296 e. The van der Waals surface area contributed by atoms with Crippen LogP contribution in [-0.4, -0.2) is 28.3 Å². The molecule has 0 spiro atoms. The van der Waals surface area contributed by atoms with Crippen molar-refractivity contribution in [2.75, 3.05) is 6.61 Å².